The van der Waals surface area contributed by atoms with Crippen molar-refractivity contribution in [2.24, 2.45) is 11.8 Å². The molecule has 62 heavy (non-hydrogen) atoms. The van der Waals surface area contributed by atoms with E-state index in [4.69, 9.17) is 29.4 Å². The molecule has 3 aliphatic rings. The molecule has 19 heteroatoms. The van der Waals surface area contributed by atoms with Crippen LogP contribution in [0.4, 0.5) is 18.8 Å². The number of anilines is 1. The number of nitrogens with two attached hydrogens (primary N) is 1. The summed E-state index contributed by atoms with van der Waals surface area (Å²) < 4.78 is 59.1. The smallest absolute Gasteiger partial charge is 0.410 e. The molecule has 3 aliphatic heterocycles. The maximum Gasteiger partial charge on any atom is 0.410 e. The molecule has 5 rings (SSSR count). The largest absolute Gasteiger partial charge is 0.455 e. The zero-order valence-corrected chi connectivity index (χ0v) is 38.7. The van der Waals surface area contributed by atoms with Gasteiger partial charge >= 0.3 is 12.1 Å². The Morgan fingerprint density at radius 1 is 1.10 bits per heavy atom. The highest BCUT2D eigenvalue weighted by Gasteiger charge is 2.60. The van der Waals surface area contributed by atoms with Gasteiger partial charge in [-0.2, -0.15) is 3.89 Å². The summed E-state index contributed by atoms with van der Waals surface area (Å²) in [4.78, 5) is 59.4. The predicted molar refractivity (Wildman–Crippen MR) is 229 cm³/mol. The number of likely N-dealkylation sites (N-methyl/N-ethyl adjacent to an activating group) is 1. The molecule has 0 spiro atoms. The minimum atomic E-state index is -3.18. The molecule has 3 fully saturated rings. The maximum atomic E-state index is 16.8. The van der Waals surface area contributed by atoms with Gasteiger partial charge in [-0.1, -0.05) is 38.1 Å². The third kappa shape index (κ3) is 11.3. The molecule has 3 saturated heterocycles. The SMILES string of the molecule is CC[C@H]1OC(=O)[C@@](C)(F)C(=O)[C@H](C)[C@@H](O[C@@H]2OC(C)CC(N(C)C)C2O)[C@](C)(OC)C[C@@H](C)C(=O)C[C@H]2N(CCCCn3cc(-c4cccc(N)c4)nn3)C(=O)O[C@]12C.CSF. The van der Waals surface area contributed by atoms with E-state index in [0.29, 0.717) is 37.2 Å². The number of Topliss-reactive ketones (excluding diaryl/α,β-unsaturated/α-hetero) is 2. The van der Waals surface area contributed by atoms with E-state index in [0.717, 1.165) is 12.5 Å². The summed E-state index contributed by atoms with van der Waals surface area (Å²) in [6, 6.07) is 6.05. The Labute approximate surface area is 368 Å². The van der Waals surface area contributed by atoms with Crippen LogP contribution in [0.3, 0.4) is 0 Å². The molecule has 16 nitrogen and oxygen atoms in total. The summed E-state index contributed by atoms with van der Waals surface area (Å²) in [5, 5.41) is 19.9. The molecule has 0 aliphatic carbocycles. The molecular formula is C43H66F2N6O10S. The Hall–Kier alpha value is -3.75. The monoisotopic (exact) mass is 896 g/mol. The van der Waals surface area contributed by atoms with Crippen molar-refractivity contribution in [2.75, 3.05) is 39.7 Å². The third-order valence-electron chi connectivity index (χ3n) is 12.6. The number of rotatable bonds is 11. The van der Waals surface area contributed by atoms with Crippen LogP contribution in [0.2, 0.25) is 0 Å². The third-order valence-corrected chi connectivity index (χ3v) is 12.6. The van der Waals surface area contributed by atoms with Gasteiger partial charge in [-0.25, -0.2) is 14.0 Å². The number of halogens is 2. The Kier molecular flexibility index (Phi) is 17.5. The topological polar surface area (TPSA) is 198 Å². The lowest BCUT2D eigenvalue weighted by Gasteiger charge is -2.47. The summed E-state index contributed by atoms with van der Waals surface area (Å²) in [6.45, 7) is 11.4. The normalized spacial score (nSPS) is 34.8. The van der Waals surface area contributed by atoms with Crippen LogP contribution in [0.1, 0.15) is 87.0 Å². The highest BCUT2D eigenvalue weighted by molar-refractivity contribution is 7.93. The van der Waals surface area contributed by atoms with Gasteiger partial charge in [-0.3, -0.25) is 14.3 Å². The van der Waals surface area contributed by atoms with E-state index >= 15 is 4.39 Å². The van der Waals surface area contributed by atoms with E-state index in [1.807, 2.05) is 50.3 Å². The van der Waals surface area contributed by atoms with Crippen LogP contribution in [0, 0.1) is 11.8 Å². The molecule has 3 unspecified atom stereocenters. The van der Waals surface area contributed by atoms with E-state index in [1.54, 1.807) is 38.4 Å². The van der Waals surface area contributed by atoms with Crippen molar-refractivity contribution in [3.05, 3.63) is 30.5 Å². The van der Waals surface area contributed by atoms with Gasteiger partial charge in [0.05, 0.1) is 30.0 Å². The van der Waals surface area contributed by atoms with Gasteiger partial charge < -0.3 is 44.3 Å². The molecule has 3 N–H and O–H groups in total. The molecule has 348 valence electrons. The van der Waals surface area contributed by atoms with E-state index in [-0.39, 0.29) is 55.9 Å². The number of ketones is 2. The van der Waals surface area contributed by atoms with Crippen LogP contribution in [-0.4, -0.2) is 147 Å². The van der Waals surface area contributed by atoms with E-state index in [2.05, 4.69) is 10.3 Å². The second-order valence-electron chi connectivity index (χ2n) is 17.5. The van der Waals surface area contributed by atoms with Gasteiger partial charge in [-0.15, -0.1) is 5.10 Å². The number of carbonyl (C=O) groups excluding carboxylic acids is 4. The van der Waals surface area contributed by atoms with Crippen molar-refractivity contribution >= 4 is 41.5 Å². The summed E-state index contributed by atoms with van der Waals surface area (Å²) >= 11 is 0.250. The van der Waals surface area contributed by atoms with Crippen molar-refractivity contribution in [1.82, 2.24) is 24.8 Å². The molecule has 1 amide bonds. The fourth-order valence-corrected chi connectivity index (χ4v) is 8.92. The number of ether oxygens (including phenoxy) is 5. The fraction of sp³-hybridized carbons (Fsp3) is 0.721. The number of fused-ring (bicyclic) bond motifs is 1. The van der Waals surface area contributed by atoms with E-state index < -0.39 is 77.2 Å². The van der Waals surface area contributed by atoms with Crippen molar-refractivity contribution in [1.29, 1.82) is 0 Å². The number of carbonyl (C=O) groups is 4. The molecule has 0 radical (unpaired) electrons. The van der Waals surface area contributed by atoms with Crippen LogP contribution < -0.4 is 5.73 Å². The molecule has 2 aromatic rings. The average Bonchev–Trinajstić information content (AvgIpc) is 3.79. The number of nitrogens with zero attached hydrogens (tertiary/aromatic N) is 5. The Bertz CT molecular complexity index is 1860. The number of hydrogen-bond donors (Lipinski definition) is 2. The molecule has 1 aromatic carbocycles. The van der Waals surface area contributed by atoms with Crippen LogP contribution in [0.25, 0.3) is 11.3 Å². The van der Waals surface area contributed by atoms with Gasteiger partial charge in [-0.05, 0) is 86.0 Å². The Balaban J connectivity index is 0.00000273. The van der Waals surface area contributed by atoms with Crippen LogP contribution >= 0.6 is 12.1 Å². The van der Waals surface area contributed by atoms with Gasteiger partial charge in [0.25, 0.3) is 5.67 Å². The van der Waals surface area contributed by atoms with Gasteiger partial charge in [0.2, 0.25) is 0 Å². The molecule has 1 aromatic heterocycles. The highest BCUT2D eigenvalue weighted by atomic mass is 32.2. The lowest BCUT2D eigenvalue weighted by Crippen LogP contribution is -2.61. The number of cyclic esters (lactones) is 1. The predicted octanol–water partition coefficient (Wildman–Crippen LogP) is 5.59. The van der Waals surface area contributed by atoms with E-state index in [9.17, 15) is 28.2 Å². The first-order valence-electron chi connectivity index (χ1n) is 21.2. The number of aliphatic hydroxyl groups is 1. The number of aromatic nitrogens is 3. The van der Waals surface area contributed by atoms with Crippen molar-refractivity contribution in [2.45, 2.75) is 153 Å². The number of alkyl halides is 1. The van der Waals surface area contributed by atoms with Gasteiger partial charge in [0, 0.05) is 74.2 Å². The first-order chi connectivity index (χ1) is 29.1. The maximum absolute atomic E-state index is 16.8. The highest BCUT2D eigenvalue weighted by Crippen LogP contribution is 2.42. The number of nitrogen functional groups attached to an aromatic ring is 1. The lowest BCUT2D eigenvalue weighted by molar-refractivity contribution is -0.295. The summed E-state index contributed by atoms with van der Waals surface area (Å²) in [7, 11) is 5.03. The number of aliphatic hydroxyl groups excluding tert-OH is 1. The molecule has 4 heterocycles. The number of hydrogen-bond acceptors (Lipinski definition) is 15. The number of unbranched alkanes of at least 4 members (excludes halogenated alkanes) is 1. The number of esters is 1. The quantitative estimate of drug-likeness (QED) is 0.122. The van der Waals surface area contributed by atoms with Crippen LogP contribution in [0.15, 0.2) is 30.5 Å². The Morgan fingerprint density at radius 3 is 2.37 bits per heavy atom. The first kappa shape index (κ1) is 50.9. The molecular weight excluding hydrogens is 831 g/mol. The molecule has 0 bridgehead atoms. The Morgan fingerprint density at radius 2 is 1.76 bits per heavy atom. The molecule has 12 atom stereocenters. The number of aryl methyl sites for hydroxylation is 1. The van der Waals surface area contributed by atoms with Gasteiger partial charge in [0.1, 0.15) is 23.7 Å². The summed E-state index contributed by atoms with van der Waals surface area (Å²) in [5.41, 5.74) is 1.84. The summed E-state index contributed by atoms with van der Waals surface area (Å²) in [5.74, 6) is -4.95. The first-order valence-corrected chi connectivity index (χ1v) is 22.3. The minimum absolute atomic E-state index is 0.00153. The number of amides is 1. The second kappa shape index (κ2) is 21.3. The van der Waals surface area contributed by atoms with Crippen molar-refractivity contribution in [3.8, 4) is 11.3 Å². The number of methoxy groups -OCH3 is 1. The van der Waals surface area contributed by atoms with Crippen LogP contribution in [-0.2, 0) is 44.6 Å². The fourth-order valence-electron chi connectivity index (χ4n) is 8.92. The van der Waals surface area contributed by atoms with Gasteiger partial charge in [0.15, 0.2) is 17.7 Å². The lowest BCUT2D eigenvalue weighted by atomic mass is 9.75. The second-order valence-corrected chi connectivity index (χ2v) is 17.8. The zero-order valence-electron chi connectivity index (χ0n) is 37.8. The minimum Gasteiger partial charge on any atom is -0.455 e. The van der Waals surface area contributed by atoms with E-state index in [1.165, 1.54) is 25.2 Å². The summed E-state index contributed by atoms with van der Waals surface area (Å²) in [6.07, 6.45) is -1.30. The van der Waals surface area contributed by atoms with Crippen molar-refractivity contribution in [3.63, 3.8) is 0 Å². The van der Waals surface area contributed by atoms with Crippen LogP contribution in [0.5, 0.6) is 0 Å². The van der Waals surface area contributed by atoms with Crippen molar-refractivity contribution < 1.29 is 56.2 Å². The average molecular weight is 897 g/mol. The standard InChI is InChI=1S/C42H63FN6O10.CH3FS/c1-11-33-42(7)32(49(39(54)59-42)18-13-12-17-48-23-29(45-46-48)27-15-14-16-28(44)20-27)21-31(50)24(2)22-40(5,55-10)36(26(4)35(52)41(6,43)38(53)57-33)58-37-34(51)30(47(8)9)19-25(3)56-37;1-3-2/h14-16,20,23-26,30,32-34,36-37,51H,11-13,17-19,21-22,44H2,1-10H3;1H3/t24-,25?,26+,30?,32-,33-,34?,36-,37+,40-,41+,42+;/m1./s1. The molecule has 0 saturated carbocycles. The number of benzene rings is 1. The zero-order chi connectivity index (χ0) is 46.3.